The quantitative estimate of drug-likeness (QED) is 0.907. The van der Waals surface area contributed by atoms with Gasteiger partial charge in [0.15, 0.2) is 0 Å². The molecule has 6 heteroatoms. The fraction of sp³-hybridized carbons (Fsp3) is 0.250. The third-order valence-corrected chi connectivity index (χ3v) is 3.63. The van der Waals surface area contributed by atoms with Crippen molar-refractivity contribution in [3.05, 3.63) is 32.7 Å². The summed E-state index contributed by atoms with van der Waals surface area (Å²) in [6.45, 7) is 0. The van der Waals surface area contributed by atoms with Gasteiger partial charge in [0.1, 0.15) is 6.10 Å². The van der Waals surface area contributed by atoms with Crippen LogP contribution in [0.5, 0.6) is 0 Å². The van der Waals surface area contributed by atoms with Crippen LogP contribution in [0.15, 0.2) is 22.1 Å². The Kier molecular flexibility index (Phi) is 2.66. The van der Waals surface area contributed by atoms with Crippen LogP contribution in [0.3, 0.4) is 0 Å². The van der Waals surface area contributed by atoms with Crippen LogP contribution in [0.4, 0.5) is 0 Å². The molecule has 0 amide bonds. The predicted molar refractivity (Wildman–Crippen MR) is 57.1 cm³/mol. The standard InChI is InChI=1S/C8H8BrN3OS/c1-12-6(3-10-11-12)8(13)7-2-5(9)4-14-7/h2-4,8,13H,1H3. The summed E-state index contributed by atoms with van der Waals surface area (Å²) >= 11 is 4.84. The van der Waals surface area contributed by atoms with Gasteiger partial charge in [-0.05, 0) is 22.0 Å². The molecule has 0 radical (unpaired) electrons. The van der Waals surface area contributed by atoms with E-state index < -0.39 is 6.10 Å². The summed E-state index contributed by atoms with van der Waals surface area (Å²) < 4.78 is 2.55. The second kappa shape index (κ2) is 3.80. The molecule has 4 nitrogen and oxygen atoms in total. The van der Waals surface area contributed by atoms with E-state index in [2.05, 4.69) is 26.2 Å². The molecule has 2 rings (SSSR count). The van der Waals surface area contributed by atoms with Crippen molar-refractivity contribution in [2.75, 3.05) is 0 Å². The molecule has 74 valence electrons. The molecule has 1 N–H and O–H groups in total. The van der Waals surface area contributed by atoms with Crippen molar-refractivity contribution >= 4 is 27.3 Å². The summed E-state index contributed by atoms with van der Waals surface area (Å²) in [5.74, 6) is 0. The molecular formula is C8H8BrN3OS. The van der Waals surface area contributed by atoms with E-state index in [1.165, 1.54) is 11.3 Å². The maximum Gasteiger partial charge on any atom is 0.131 e. The van der Waals surface area contributed by atoms with Gasteiger partial charge in [-0.2, -0.15) is 0 Å². The molecule has 0 aliphatic heterocycles. The van der Waals surface area contributed by atoms with Crippen LogP contribution >= 0.6 is 27.3 Å². The van der Waals surface area contributed by atoms with Crippen molar-refractivity contribution in [1.29, 1.82) is 0 Å². The van der Waals surface area contributed by atoms with Gasteiger partial charge in [0.2, 0.25) is 0 Å². The van der Waals surface area contributed by atoms with Gasteiger partial charge in [-0.25, -0.2) is 4.68 Å². The summed E-state index contributed by atoms with van der Waals surface area (Å²) in [7, 11) is 1.76. The van der Waals surface area contributed by atoms with E-state index in [-0.39, 0.29) is 0 Å². The van der Waals surface area contributed by atoms with E-state index in [9.17, 15) is 5.11 Å². The first kappa shape index (κ1) is 9.82. The molecule has 0 aromatic carbocycles. The van der Waals surface area contributed by atoms with Gasteiger partial charge in [-0.15, -0.1) is 16.4 Å². The largest absolute Gasteiger partial charge is 0.381 e. The van der Waals surface area contributed by atoms with Crippen LogP contribution in [0.1, 0.15) is 16.7 Å². The zero-order valence-electron chi connectivity index (χ0n) is 7.38. The molecule has 2 aromatic heterocycles. The van der Waals surface area contributed by atoms with Gasteiger partial charge in [0, 0.05) is 21.8 Å². The van der Waals surface area contributed by atoms with Crippen molar-refractivity contribution in [2.45, 2.75) is 6.10 Å². The predicted octanol–water partition coefficient (Wildman–Crippen LogP) is 1.72. The summed E-state index contributed by atoms with van der Waals surface area (Å²) in [5, 5.41) is 19.4. The number of aryl methyl sites for hydroxylation is 1. The molecule has 0 bridgehead atoms. The van der Waals surface area contributed by atoms with Crippen molar-refractivity contribution in [3.8, 4) is 0 Å². The lowest BCUT2D eigenvalue weighted by Crippen LogP contribution is -2.04. The van der Waals surface area contributed by atoms with E-state index in [4.69, 9.17) is 0 Å². The molecule has 14 heavy (non-hydrogen) atoms. The highest BCUT2D eigenvalue weighted by molar-refractivity contribution is 9.10. The number of nitrogens with zero attached hydrogens (tertiary/aromatic N) is 3. The molecule has 0 spiro atoms. The Morgan fingerprint density at radius 3 is 2.93 bits per heavy atom. The first-order valence-corrected chi connectivity index (χ1v) is 5.62. The minimum Gasteiger partial charge on any atom is -0.381 e. The summed E-state index contributed by atoms with van der Waals surface area (Å²) in [6.07, 6.45) is 0.921. The van der Waals surface area contributed by atoms with E-state index >= 15 is 0 Å². The van der Waals surface area contributed by atoms with E-state index in [0.717, 1.165) is 9.35 Å². The zero-order chi connectivity index (χ0) is 10.1. The van der Waals surface area contributed by atoms with Crippen LogP contribution in [-0.4, -0.2) is 20.1 Å². The number of rotatable bonds is 2. The number of halogens is 1. The third kappa shape index (κ3) is 1.73. The summed E-state index contributed by atoms with van der Waals surface area (Å²) in [5.41, 5.74) is 0.694. The Balaban J connectivity index is 2.33. The minimum absolute atomic E-state index is 0.647. The van der Waals surface area contributed by atoms with Crippen molar-refractivity contribution in [1.82, 2.24) is 15.0 Å². The maximum atomic E-state index is 9.96. The lowest BCUT2D eigenvalue weighted by Gasteiger charge is -2.06. The Hall–Kier alpha value is -0.720. The average molecular weight is 274 g/mol. The molecule has 1 unspecified atom stereocenters. The SMILES string of the molecule is Cn1nncc1C(O)c1cc(Br)cs1. The van der Waals surface area contributed by atoms with Gasteiger partial charge in [0.05, 0.1) is 11.9 Å². The van der Waals surface area contributed by atoms with Crippen LogP contribution < -0.4 is 0 Å². The van der Waals surface area contributed by atoms with Crippen LogP contribution in [0, 0.1) is 0 Å². The Labute approximate surface area is 93.3 Å². The highest BCUT2D eigenvalue weighted by Gasteiger charge is 2.16. The zero-order valence-corrected chi connectivity index (χ0v) is 9.79. The monoisotopic (exact) mass is 273 g/mol. The highest BCUT2D eigenvalue weighted by Crippen LogP contribution is 2.29. The number of hydrogen-bond acceptors (Lipinski definition) is 4. The van der Waals surface area contributed by atoms with Gasteiger partial charge in [0.25, 0.3) is 0 Å². The van der Waals surface area contributed by atoms with E-state index in [1.54, 1.807) is 17.9 Å². The summed E-state index contributed by atoms with van der Waals surface area (Å²) in [4.78, 5) is 0.877. The third-order valence-electron chi connectivity index (χ3n) is 1.89. The normalized spacial score (nSPS) is 13.1. The number of aliphatic hydroxyl groups excluding tert-OH is 1. The minimum atomic E-state index is -0.647. The molecule has 0 aliphatic carbocycles. The molecule has 2 aromatic rings. The second-order valence-electron chi connectivity index (χ2n) is 2.85. The number of aliphatic hydroxyl groups is 1. The van der Waals surface area contributed by atoms with Crippen molar-refractivity contribution < 1.29 is 5.11 Å². The topological polar surface area (TPSA) is 50.9 Å². The molecule has 0 fully saturated rings. The smallest absolute Gasteiger partial charge is 0.131 e. The molecule has 0 saturated heterocycles. The lowest BCUT2D eigenvalue weighted by molar-refractivity contribution is 0.213. The lowest BCUT2D eigenvalue weighted by atomic mass is 10.2. The second-order valence-corrected chi connectivity index (χ2v) is 4.71. The number of aromatic nitrogens is 3. The van der Waals surface area contributed by atoms with E-state index in [1.807, 2.05) is 11.4 Å². The van der Waals surface area contributed by atoms with Gasteiger partial charge >= 0.3 is 0 Å². The van der Waals surface area contributed by atoms with Crippen LogP contribution in [0.25, 0.3) is 0 Å². The molecular weight excluding hydrogens is 266 g/mol. The number of thiophene rings is 1. The van der Waals surface area contributed by atoms with Crippen molar-refractivity contribution in [3.63, 3.8) is 0 Å². The van der Waals surface area contributed by atoms with Gasteiger partial charge in [-0.3, -0.25) is 0 Å². The van der Waals surface area contributed by atoms with Crippen LogP contribution in [0.2, 0.25) is 0 Å². The fourth-order valence-corrected chi connectivity index (χ4v) is 2.60. The van der Waals surface area contributed by atoms with E-state index in [0.29, 0.717) is 5.69 Å². The number of hydrogen-bond donors (Lipinski definition) is 1. The average Bonchev–Trinajstić information content (AvgIpc) is 2.73. The molecule has 1 atom stereocenters. The maximum absolute atomic E-state index is 9.96. The molecule has 0 aliphatic rings. The van der Waals surface area contributed by atoms with Gasteiger partial charge < -0.3 is 5.11 Å². The fourth-order valence-electron chi connectivity index (χ4n) is 1.16. The Morgan fingerprint density at radius 2 is 2.43 bits per heavy atom. The molecule has 2 heterocycles. The molecule has 0 saturated carbocycles. The summed E-state index contributed by atoms with van der Waals surface area (Å²) in [6, 6.07) is 1.89. The first-order chi connectivity index (χ1) is 6.68. The Bertz CT molecular complexity index is 439. The highest BCUT2D eigenvalue weighted by atomic mass is 79.9. The van der Waals surface area contributed by atoms with Crippen molar-refractivity contribution in [2.24, 2.45) is 7.05 Å². The van der Waals surface area contributed by atoms with Gasteiger partial charge in [-0.1, -0.05) is 5.21 Å². The Morgan fingerprint density at radius 1 is 1.64 bits per heavy atom. The first-order valence-electron chi connectivity index (χ1n) is 3.95. The van der Waals surface area contributed by atoms with Crippen LogP contribution in [-0.2, 0) is 7.05 Å².